The summed E-state index contributed by atoms with van der Waals surface area (Å²) in [6.07, 6.45) is -10.5. The van der Waals surface area contributed by atoms with Gasteiger partial charge >= 0.3 is 23.9 Å². The number of aliphatic hydroxyl groups excluding tert-OH is 2. The summed E-state index contributed by atoms with van der Waals surface area (Å²) in [5.41, 5.74) is -7.02. The van der Waals surface area contributed by atoms with Crippen molar-refractivity contribution in [1.29, 1.82) is 0 Å². The van der Waals surface area contributed by atoms with Crippen molar-refractivity contribution in [1.82, 2.24) is 5.32 Å². The fourth-order valence-corrected chi connectivity index (χ4v) is 10.2. The van der Waals surface area contributed by atoms with E-state index in [0.29, 0.717) is 5.56 Å². The predicted octanol–water partition coefficient (Wildman–Crippen LogP) is 3.74. The van der Waals surface area contributed by atoms with Crippen molar-refractivity contribution >= 4 is 35.6 Å². The number of ketones is 1. The van der Waals surface area contributed by atoms with Crippen LogP contribution in [0.15, 0.2) is 102 Å². The molecule has 1 heterocycles. The van der Waals surface area contributed by atoms with E-state index in [4.69, 9.17) is 23.7 Å². The predicted molar refractivity (Wildman–Crippen MR) is 218 cm³/mol. The minimum absolute atomic E-state index is 0.00289. The van der Waals surface area contributed by atoms with E-state index in [9.17, 15) is 39.3 Å². The lowest BCUT2D eigenvalue weighted by molar-refractivity contribution is -0.346. The summed E-state index contributed by atoms with van der Waals surface area (Å²) in [7, 11) is 0. The highest BCUT2D eigenvalue weighted by molar-refractivity contribution is 5.96. The molecule has 2 bridgehead atoms. The number of benzene rings is 3. The van der Waals surface area contributed by atoms with Crippen LogP contribution in [0.3, 0.4) is 0 Å². The summed E-state index contributed by atoms with van der Waals surface area (Å²) in [5, 5.41) is 40.2. The molecule has 3 fully saturated rings. The molecule has 1 amide bonds. The third-order valence-corrected chi connectivity index (χ3v) is 13.5. The zero-order valence-electron chi connectivity index (χ0n) is 35.2. The minimum atomic E-state index is -2.39. The SMILES string of the molecule is CC(=O)OC1C(=O)[C@@]2(C)C(C(OC(=O)c3ccccc3)[C@]3(O)C[C@H](OC(=O)[C@@H](O)[C@@H](NC(=O)c4ccccc4)c4ccccc4)C(C)=C1C3(C)C)[C@]1(OC(C)=O)CO[C@@H]1C[C@@H]2O. The second-order valence-corrected chi connectivity index (χ2v) is 17.4. The van der Waals surface area contributed by atoms with Gasteiger partial charge in [-0.1, -0.05) is 80.6 Å². The summed E-state index contributed by atoms with van der Waals surface area (Å²) in [6.45, 7) is 7.97. The van der Waals surface area contributed by atoms with E-state index < -0.39 is 113 Å². The lowest BCUT2D eigenvalue weighted by atomic mass is 9.44. The van der Waals surface area contributed by atoms with Gasteiger partial charge in [0.15, 0.2) is 23.6 Å². The van der Waals surface area contributed by atoms with E-state index in [2.05, 4.69) is 5.32 Å². The second kappa shape index (κ2) is 16.5. The molecule has 2 saturated carbocycles. The molecule has 3 aliphatic carbocycles. The molecule has 11 atom stereocenters. The maximum atomic E-state index is 15.5. The van der Waals surface area contributed by atoms with Crippen LogP contribution in [-0.4, -0.2) is 105 Å². The summed E-state index contributed by atoms with van der Waals surface area (Å²) < 4.78 is 30.3. The van der Waals surface area contributed by atoms with Crippen molar-refractivity contribution < 1.29 is 67.8 Å². The van der Waals surface area contributed by atoms with Crippen molar-refractivity contribution in [2.75, 3.05) is 6.61 Å². The minimum Gasteiger partial charge on any atom is -0.456 e. The molecule has 3 aromatic carbocycles. The van der Waals surface area contributed by atoms with Gasteiger partial charge in [0.25, 0.3) is 5.91 Å². The maximum Gasteiger partial charge on any atom is 0.338 e. The molecule has 0 spiro atoms. The van der Waals surface area contributed by atoms with E-state index >= 15 is 4.79 Å². The van der Waals surface area contributed by atoms with Gasteiger partial charge in [-0.15, -0.1) is 0 Å². The second-order valence-electron chi connectivity index (χ2n) is 17.4. The Labute approximate surface area is 358 Å². The van der Waals surface area contributed by atoms with Crippen LogP contribution in [-0.2, 0) is 42.9 Å². The monoisotopic (exact) mass is 853 g/mol. The van der Waals surface area contributed by atoms with Crippen molar-refractivity contribution in [3.05, 3.63) is 119 Å². The normalized spacial score (nSPS) is 31.9. The quantitative estimate of drug-likeness (QED) is 0.130. The van der Waals surface area contributed by atoms with Crippen LogP contribution in [0, 0.1) is 16.7 Å². The molecule has 3 aromatic rings. The van der Waals surface area contributed by atoms with Crippen LogP contribution < -0.4 is 5.32 Å². The molecule has 1 saturated heterocycles. The Morgan fingerprint density at radius 1 is 0.823 bits per heavy atom. The molecule has 62 heavy (non-hydrogen) atoms. The molecular formula is C47H51NO14. The van der Waals surface area contributed by atoms with Gasteiger partial charge in [0.2, 0.25) is 0 Å². The van der Waals surface area contributed by atoms with Gasteiger partial charge in [0, 0.05) is 37.7 Å². The van der Waals surface area contributed by atoms with Gasteiger partial charge in [0.05, 0.1) is 35.6 Å². The first-order valence-corrected chi connectivity index (χ1v) is 20.5. The van der Waals surface area contributed by atoms with E-state index in [1.807, 2.05) is 0 Å². The standard InChI is InChI=1S/C47H51NO14/c1-25-31(60-43(56)36(52)35(28-16-10-7-11-17-28)48-41(54)29-18-12-8-13-19-29)23-47(57)40(61-42(55)30-20-14-9-15-21-30)38-45(6,32(51)22-33-46(38,24-58-33)62-27(3)50)39(53)37(59-26(2)49)34(25)44(47,4)5/h7-21,31-33,35-38,40,51-52,57H,22-24H2,1-6H3,(H,48,54)/t31-,32-,33+,35-,36-,37?,38?,40?,45+,46-,47+/m0/s1. The Morgan fingerprint density at radius 3 is 1.95 bits per heavy atom. The molecule has 4 N–H and O–H groups in total. The molecule has 1 aliphatic heterocycles. The number of fused-ring (bicyclic) bond motifs is 5. The number of hydrogen-bond donors (Lipinski definition) is 4. The third-order valence-electron chi connectivity index (χ3n) is 13.5. The molecular weight excluding hydrogens is 803 g/mol. The van der Waals surface area contributed by atoms with Crippen molar-refractivity contribution in [3.8, 4) is 0 Å². The Kier molecular flexibility index (Phi) is 11.8. The lowest BCUT2D eigenvalue weighted by Crippen LogP contribution is -2.82. The lowest BCUT2D eigenvalue weighted by Gasteiger charge is -2.67. The number of hydrogen-bond acceptors (Lipinski definition) is 14. The zero-order chi connectivity index (χ0) is 44.9. The Hall–Kier alpha value is -5.74. The summed E-state index contributed by atoms with van der Waals surface area (Å²) in [4.78, 5) is 83.5. The molecule has 4 aliphatic rings. The first kappa shape index (κ1) is 44.3. The molecule has 7 rings (SSSR count). The van der Waals surface area contributed by atoms with E-state index in [-0.39, 0.29) is 35.3 Å². The molecule has 328 valence electrons. The van der Waals surface area contributed by atoms with Crippen molar-refractivity contribution in [2.45, 2.75) is 108 Å². The molecule has 15 nitrogen and oxygen atoms in total. The van der Waals surface area contributed by atoms with Crippen LogP contribution in [0.5, 0.6) is 0 Å². The Balaban J connectivity index is 1.39. The number of carbonyl (C=O) groups excluding carboxylic acids is 6. The first-order chi connectivity index (χ1) is 29.3. The Bertz CT molecular complexity index is 2280. The fraction of sp³-hybridized carbons (Fsp3) is 0.447. The number of carbonyl (C=O) groups is 6. The highest BCUT2D eigenvalue weighted by Crippen LogP contribution is 2.64. The number of esters is 4. The van der Waals surface area contributed by atoms with Gasteiger partial charge in [-0.2, -0.15) is 0 Å². The number of rotatable bonds is 10. The van der Waals surface area contributed by atoms with Gasteiger partial charge in [0.1, 0.15) is 23.9 Å². The highest BCUT2D eigenvalue weighted by atomic mass is 16.6. The highest BCUT2D eigenvalue weighted by Gasteiger charge is 2.78. The summed E-state index contributed by atoms with van der Waals surface area (Å²) >= 11 is 0. The molecule has 15 heteroatoms. The average molecular weight is 854 g/mol. The third kappa shape index (κ3) is 7.29. The topological polar surface area (TPSA) is 221 Å². The molecule has 0 radical (unpaired) electrons. The van der Waals surface area contributed by atoms with Crippen molar-refractivity contribution in [2.24, 2.45) is 16.7 Å². The fourth-order valence-electron chi connectivity index (χ4n) is 10.2. The number of amides is 1. The van der Waals surface area contributed by atoms with E-state index in [0.717, 1.165) is 13.8 Å². The number of nitrogens with one attached hydrogen (secondary N) is 1. The van der Waals surface area contributed by atoms with Gasteiger partial charge in [-0.25, -0.2) is 9.59 Å². The Morgan fingerprint density at radius 2 is 1.40 bits per heavy atom. The molecule has 3 unspecified atom stereocenters. The summed E-state index contributed by atoms with van der Waals surface area (Å²) in [5.74, 6) is -6.84. The van der Waals surface area contributed by atoms with Gasteiger partial charge in [-0.3, -0.25) is 19.2 Å². The number of Topliss-reactive ketones (excluding diaryl/α,β-unsaturated/α-hetero) is 1. The van der Waals surface area contributed by atoms with Crippen molar-refractivity contribution in [3.63, 3.8) is 0 Å². The van der Waals surface area contributed by atoms with E-state index in [1.54, 1.807) is 92.7 Å². The maximum absolute atomic E-state index is 15.5. The van der Waals surface area contributed by atoms with E-state index in [1.165, 1.54) is 26.0 Å². The molecule has 0 aromatic heterocycles. The largest absolute Gasteiger partial charge is 0.456 e. The van der Waals surface area contributed by atoms with Crippen LogP contribution in [0.4, 0.5) is 0 Å². The smallest absolute Gasteiger partial charge is 0.338 e. The van der Waals surface area contributed by atoms with Gasteiger partial charge < -0.3 is 44.3 Å². The van der Waals surface area contributed by atoms with Crippen LogP contribution in [0.2, 0.25) is 0 Å². The summed E-state index contributed by atoms with van der Waals surface area (Å²) in [6, 6.07) is 22.9. The number of aliphatic hydroxyl groups is 3. The zero-order valence-corrected chi connectivity index (χ0v) is 35.2. The van der Waals surface area contributed by atoms with Crippen LogP contribution in [0.25, 0.3) is 0 Å². The van der Waals surface area contributed by atoms with Crippen LogP contribution in [0.1, 0.15) is 86.7 Å². The average Bonchev–Trinajstić information content (AvgIpc) is 3.24. The van der Waals surface area contributed by atoms with Gasteiger partial charge in [-0.05, 0) is 54.8 Å². The number of ether oxygens (including phenoxy) is 5. The first-order valence-electron chi connectivity index (χ1n) is 20.5. The van der Waals surface area contributed by atoms with Crippen LogP contribution >= 0.6 is 0 Å².